The predicted octanol–water partition coefficient (Wildman–Crippen LogP) is 7.39. The number of benzene rings is 1. The second-order valence-electron chi connectivity index (χ2n) is 10.1. The van der Waals surface area contributed by atoms with Gasteiger partial charge in [0, 0.05) is 18.6 Å². The third kappa shape index (κ3) is 10.9. The van der Waals surface area contributed by atoms with Crippen LogP contribution >= 0.6 is 34.8 Å². The average Bonchev–Trinajstić information content (AvgIpc) is 3.29. The zero-order chi connectivity index (χ0) is 29.7. The monoisotopic (exact) mass is 647 g/mol. The van der Waals surface area contributed by atoms with Crippen LogP contribution in [0.1, 0.15) is 65.7 Å². The number of nitrogens with zero attached hydrogens (tertiary/aromatic N) is 9. The van der Waals surface area contributed by atoms with Gasteiger partial charge in [0.1, 0.15) is 0 Å². The van der Waals surface area contributed by atoms with E-state index in [1.807, 2.05) is 35.2 Å². The van der Waals surface area contributed by atoms with Crippen LogP contribution in [-0.2, 0) is 0 Å². The maximum atomic E-state index is 7.48. The molecule has 1 atom stereocenters. The molecule has 1 saturated heterocycles. The fourth-order valence-electron chi connectivity index (χ4n) is 5.23. The lowest BCUT2D eigenvalue weighted by Crippen LogP contribution is -2.35. The van der Waals surface area contributed by atoms with Crippen LogP contribution in [0.25, 0.3) is 4.85 Å². The van der Waals surface area contributed by atoms with E-state index in [-0.39, 0.29) is 29.9 Å². The van der Waals surface area contributed by atoms with Crippen molar-refractivity contribution in [1.82, 2.24) is 34.8 Å². The Bertz CT molecular complexity index is 1250. The number of likely N-dealkylation sites (N-methyl/N-ethyl adjacent to an activating group) is 1. The summed E-state index contributed by atoms with van der Waals surface area (Å²) in [6, 6.07) is 10.8. The lowest BCUT2D eigenvalue weighted by molar-refractivity contribution is 0.277. The lowest BCUT2D eigenvalue weighted by atomic mass is 10.1. The van der Waals surface area contributed by atoms with E-state index >= 15 is 0 Å². The molecule has 14 heteroatoms. The van der Waals surface area contributed by atoms with Gasteiger partial charge in [-0.15, -0.1) is 0 Å². The highest BCUT2D eigenvalue weighted by atomic mass is 35.5. The molecular formula is C29H40Cl3N11. The van der Waals surface area contributed by atoms with Gasteiger partial charge in [0.05, 0.1) is 5.69 Å². The molecule has 3 heterocycles. The van der Waals surface area contributed by atoms with Gasteiger partial charge in [0.25, 0.3) is 6.67 Å². The van der Waals surface area contributed by atoms with Crippen molar-refractivity contribution in [3.8, 4) is 0 Å². The Balaban J connectivity index is 0.000000435. The van der Waals surface area contributed by atoms with Gasteiger partial charge in [0.2, 0.25) is 33.7 Å². The van der Waals surface area contributed by atoms with E-state index in [2.05, 4.69) is 42.3 Å². The number of aromatic nitrogens is 6. The van der Waals surface area contributed by atoms with Crippen LogP contribution in [0.4, 0.5) is 23.5 Å². The molecule has 1 aliphatic carbocycles. The molecule has 1 saturated carbocycles. The molecule has 232 valence electrons. The quantitative estimate of drug-likeness (QED) is 0.180. The third-order valence-electron chi connectivity index (χ3n) is 7.29. The number of nitrogens with one attached hydrogen (secondary N) is 2. The highest BCUT2D eigenvalue weighted by Gasteiger charge is 2.24. The van der Waals surface area contributed by atoms with Crippen molar-refractivity contribution in [2.24, 2.45) is 0 Å². The van der Waals surface area contributed by atoms with Crippen molar-refractivity contribution in [3.05, 3.63) is 57.6 Å². The van der Waals surface area contributed by atoms with Crippen LogP contribution in [0.15, 0.2) is 30.3 Å². The van der Waals surface area contributed by atoms with Gasteiger partial charge in [-0.2, -0.15) is 29.9 Å². The molecule has 2 fully saturated rings. The zero-order valence-corrected chi connectivity index (χ0v) is 26.0. The van der Waals surface area contributed by atoms with E-state index < -0.39 is 0 Å². The van der Waals surface area contributed by atoms with Gasteiger partial charge < -0.3 is 10.6 Å². The first kappa shape index (κ1) is 34.5. The molecule has 0 radical (unpaired) electrons. The van der Waals surface area contributed by atoms with Crippen molar-refractivity contribution in [3.63, 3.8) is 0 Å². The Morgan fingerprint density at radius 2 is 1.49 bits per heavy atom. The van der Waals surface area contributed by atoms with Crippen LogP contribution < -0.4 is 15.5 Å². The van der Waals surface area contributed by atoms with Crippen molar-refractivity contribution >= 4 is 58.3 Å². The van der Waals surface area contributed by atoms with Crippen molar-refractivity contribution in [2.45, 2.75) is 77.8 Å². The first-order valence-corrected chi connectivity index (χ1v) is 15.5. The Labute approximate surface area is 269 Å². The van der Waals surface area contributed by atoms with E-state index in [0.29, 0.717) is 29.9 Å². The van der Waals surface area contributed by atoms with Gasteiger partial charge in [-0.05, 0) is 85.7 Å². The van der Waals surface area contributed by atoms with Crippen LogP contribution in [0.2, 0.25) is 15.9 Å². The molecule has 1 aliphatic heterocycles. The molecule has 43 heavy (non-hydrogen) atoms. The summed E-state index contributed by atoms with van der Waals surface area (Å²) in [4.78, 5) is 32.6. The Kier molecular flexibility index (Phi) is 14.4. The second-order valence-corrected chi connectivity index (χ2v) is 11.1. The van der Waals surface area contributed by atoms with E-state index in [0.717, 1.165) is 38.2 Å². The summed E-state index contributed by atoms with van der Waals surface area (Å²) in [5.41, 5.74) is 0.902. The van der Waals surface area contributed by atoms with Gasteiger partial charge in [-0.3, -0.25) is 9.74 Å². The molecule has 0 bridgehead atoms. The normalized spacial score (nSPS) is 17.0. The minimum Gasteiger partial charge on any atom is -0.352 e. The predicted molar refractivity (Wildman–Crippen MR) is 175 cm³/mol. The minimum atomic E-state index is 0. The number of hydrogen-bond donors (Lipinski definition) is 2. The van der Waals surface area contributed by atoms with E-state index in [1.54, 1.807) is 0 Å². The molecule has 2 N–H and O–H groups in total. The van der Waals surface area contributed by atoms with Crippen molar-refractivity contribution < 1.29 is 0 Å². The Morgan fingerprint density at radius 1 is 0.860 bits per heavy atom. The maximum absolute atomic E-state index is 7.48. The van der Waals surface area contributed by atoms with Crippen LogP contribution in [0, 0.1) is 6.57 Å². The summed E-state index contributed by atoms with van der Waals surface area (Å²) in [5.74, 6) is 1.67. The first-order valence-electron chi connectivity index (χ1n) is 14.3. The van der Waals surface area contributed by atoms with Crippen molar-refractivity contribution in [1.29, 1.82) is 0 Å². The molecule has 3 aromatic rings. The highest BCUT2D eigenvalue weighted by molar-refractivity contribution is 6.33. The number of likely N-dealkylation sites (tertiary alicyclic amines) is 1. The van der Waals surface area contributed by atoms with Gasteiger partial charge in [-0.25, -0.2) is 11.5 Å². The largest absolute Gasteiger partial charge is 0.352 e. The molecule has 2 aromatic heterocycles. The number of rotatable bonds is 9. The fraction of sp³-hybridized carbons (Fsp3) is 0.552. The van der Waals surface area contributed by atoms with E-state index in [4.69, 9.17) is 56.3 Å². The SMILES string of the molecule is C.Clc1nc(Cl)nc(Cl)n1.[C-]#[N+]CN(c1ccccc1)c1nc(NC[C@H]2CCCN2CC)nc(NC2CCCCCC2)n1. The summed E-state index contributed by atoms with van der Waals surface area (Å²) >= 11 is 16.0. The number of para-hydroxylation sites is 1. The van der Waals surface area contributed by atoms with Crippen LogP contribution in [-0.4, -0.2) is 73.2 Å². The molecule has 0 unspecified atom stereocenters. The Hall–Kier alpha value is -3.04. The number of hydrogen-bond acceptors (Lipinski definition) is 10. The molecular weight excluding hydrogens is 609 g/mol. The zero-order valence-electron chi connectivity index (χ0n) is 23.7. The molecule has 2 aliphatic rings. The van der Waals surface area contributed by atoms with Crippen molar-refractivity contribution in [2.75, 3.05) is 41.8 Å². The van der Waals surface area contributed by atoms with Gasteiger partial charge in [-0.1, -0.05) is 58.2 Å². The fourth-order valence-corrected chi connectivity index (χ4v) is 5.84. The molecule has 0 spiro atoms. The second kappa shape index (κ2) is 17.9. The third-order valence-corrected chi connectivity index (χ3v) is 7.80. The van der Waals surface area contributed by atoms with Gasteiger partial charge >= 0.3 is 0 Å². The topological polar surface area (TPSA) is 112 Å². The smallest absolute Gasteiger partial charge is 0.295 e. The highest BCUT2D eigenvalue weighted by Crippen LogP contribution is 2.26. The first-order chi connectivity index (χ1) is 20.4. The minimum absolute atomic E-state index is 0. The lowest BCUT2D eigenvalue weighted by Gasteiger charge is -2.24. The molecule has 11 nitrogen and oxygen atoms in total. The summed E-state index contributed by atoms with van der Waals surface area (Å²) in [6.45, 7) is 12.9. The number of halogens is 3. The summed E-state index contributed by atoms with van der Waals surface area (Å²) < 4.78 is 0. The van der Waals surface area contributed by atoms with Crippen LogP contribution in [0.5, 0.6) is 0 Å². The molecule has 5 rings (SSSR count). The average molecular weight is 649 g/mol. The van der Waals surface area contributed by atoms with Crippen LogP contribution in [0.3, 0.4) is 0 Å². The maximum Gasteiger partial charge on any atom is 0.295 e. The van der Waals surface area contributed by atoms with E-state index in [1.165, 1.54) is 38.5 Å². The standard InChI is InChI=1S/C25H36N8.C3Cl3N3.CH4/c1-3-32-17-11-16-22(32)18-27-23-29-24(28-20-12-7-4-5-8-13-20)31-25(30-23)33(19-26-2)21-14-9-6-10-15-21;4-1-7-2(5)9-3(6)8-1;/h6,9-10,14-15,20,22H,3-5,7-8,11-13,16-19H2,1H3,(H2,27,28,29,30,31);;1H4/t22-;;/m1../s1. The summed E-state index contributed by atoms with van der Waals surface area (Å²) in [6.07, 6.45) is 9.80. The number of anilines is 4. The van der Waals surface area contributed by atoms with Gasteiger partial charge in [0.15, 0.2) is 0 Å². The molecule has 1 aromatic carbocycles. The summed E-state index contributed by atoms with van der Waals surface area (Å²) in [7, 11) is 0. The Morgan fingerprint density at radius 3 is 2.09 bits per heavy atom. The van der Waals surface area contributed by atoms with E-state index in [9.17, 15) is 0 Å². The summed E-state index contributed by atoms with van der Waals surface area (Å²) in [5, 5.41) is 7.06. The molecule has 0 amide bonds.